The second-order valence-corrected chi connectivity index (χ2v) is 4.00. The number of carbonyl (C=O) groups excluding carboxylic acids is 1. The molecule has 108 valence electrons. The molecule has 0 unspecified atom stereocenters. The summed E-state index contributed by atoms with van der Waals surface area (Å²) in [5.41, 5.74) is -0.0757. The van der Waals surface area contributed by atoms with Gasteiger partial charge in [0.1, 0.15) is 5.69 Å². The maximum Gasteiger partial charge on any atom is 0.354 e. The molecule has 21 heavy (non-hydrogen) atoms. The van der Waals surface area contributed by atoms with Crippen molar-refractivity contribution in [3.8, 4) is 0 Å². The molecule has 6 nitrogen and oxygen atoms in total. The number of hydrogen-bond acceptors (Lipinski definition) is 4. The van der Waals surface area contributed by atoms with Gasteiger partial charge in [0.05, 0.1) is 5.56 Å². The van der Waals surface area contributed by atoms with Crippen LogP contribution in [0.4, 0.5) is 8.78 Å². The van der Waals surface area contributed by atoms with E-state index in [2.05, 4.69) is 15.3 Å². The number of carbonyl (C=O) groups is 2. The molecule has 0 saturated heterocycles. The number of nitrogens with one attached hydrogen (secondary N) is 1. The van der Waals surface area contributed by atoms with E-state index in [0.717, 1.165) is 12.3 Å². The monoisotopic (exact) mass is 293 g/mol. The first-order valence-corrected chi connectivity index (χ1v) is 5.75. The number of nitrogens with zero attached hydrogens (tertiary/aromatic N) is 2. The predicted molar refractivity (Wildman–Crippen MR) is 66.5 cm³/mol. The molecule has 2 aromatic rings. The lowest BCUT2D eigenvalue weighted by Crippen LogP contribution is -2.24. The van der Waals surface area contributed by atoms with Gasteiger partial charge in [-0.25, -0.2) is 19.2 Å². The van der Waals surface area contributed by atoms with Gasteiger partial charge in [0.15, 0.2) is 5.82 Å². The molecule has 0 aliphatic carbocycles. The molecule has 0 fully saturated rings. The highest BCUT2D eigenvalue weighted by atomic mass is 19.2. The van der Waals surface area contributed by atoms with Crippen molar-refractivity contribution in [2.75, 3.05) is 0 Å². The molecular weight excluding hydrogens is 284 g/mol. The highest BCUT2D eigenvalue weighted by Crippen LogP contribution is 2.09. The van der Waals surface area contributed by atoms with Gasteiger partial charge in [-0.15, -0.1) is 0 Å². The number of hydrogen-bond donors (Lipinski definition) is 2. The van der Waals surface area contributed by atoms with Crippen LogP contribution in [-0.2, 0) is 6.54 Å². The van der Waals surface area contributed by atoms with E-state index in [1.807, 2.05) is 0 Å². The van der Waals surface area contributed by atoms with E-state index in [-0.39, 0.29) is 12.2 Å². The van der Waals surface area contributed by atoms with Crippen molar-refractivity contribution in [3.63, 3.8) is 0 Å². The maximum absolute atomic E-state index is 13.3. The van der Waals surface area contributed by atoms with Crippen LogP contribution in [0.2, 0.25) is 0 Å². The van der Waals surface area contributed by atoms with E-state index in [4.69, 9.17) is 5.11 Å². The van der Waals surface area contributed by atoms with Gasteiger partial charge in [-0.1, -0.05) is 6.07 Å². The number of pyridine rings is 2. The number of aromatic nitrogens is 2. The highest BCUT2D eigenvalue weighted by molar-refractivity contribution is 5.94. The van der Waals surface area contributed by atoms with E-state index < -0.39 is 29.2 Å². The topological polar surface area (TPSA) is 92.2 Å². The third kappa shape index (κ3) is 3.35. The first kappa shape index (κ1) is 14.5. The van der Waals surface area contributed by atoms with Crippen LogP contribution in [0.3, 0.4) is 0 Å². The number of halogens is 2. The van der Waals surface area contributed by atoms with Crippen LogP contribution in [0.5, 0.6) is 0 Å². The number of rotatable bonds is 4. The van der Waals surface area contributed by atoms with Crippen LogP contribution in [-0.4, -0.2) is 27.0 Å². The molecule has 0 aromatic carbocycles. The van der Waals surface area contributed by atoms with Crippen molar-refractivity contribution in [1.82, 2.24) is 15.3 Å². The molecule has 0 saturated carbocycles. The minimum atomic E-state index is -1.35. The lowest BCUT2D eigenvalue weighted by atomic mass is 10.2. The van der Waals surface area contributed by atoms with Crippen LogP contribution in [0.1, 0.15) is 26.4 Å². The predicted octanol–water partition coefficient (Wildman–Crippen LogP) is 1.38. The van der Waals surface area contributed by atoms with Crippen molar-refractivity contribution in [2.24, 2.45) is 0 Å². The molecule has 0 spiro atoms. The van der Waals surface area contributed by atoms with Crippen molar-refractivity contribution >= 4 is 11.9 Å². The van der Waals surface area contributed by atoms with Crippen molar-refractivity contribution in [3.05, 3.63) is 59.2 Å². The SMILES string of the molecule is O=C(O)c1ccc(CNC(=O)c2ccnc(F)c2F)cn1. The van der Waals surface area contributed by atoms with E-state index in [1.165, 1.54) is 18.3 Å². The Labute approximate surface area is 117 Å². The molecule has 0 bridgehead atoms. The summed E-state index contributed by atoms with van der Waals surface area (Å²) in [5.74, 6) is -4.65. The Balaban J connectivity index is 2.04. The molecule has 0 aliphatic rings. The van der Waals surface area contributed by atoms with Crippen molar-refractivity contribution < 1.29 is 23.5 Å². The Morgan fingerprint density at radius 1 is 1.19 bits per heavy atom. The molecule has 0 radical (unpaired) electrons. The van der Waals surface area contributed by atoms with Gasteiger partial charge >= 0.3 is 5.97 Å². The Kier molecular flexibility index (Phi) is 4.17. The van der Waals surface area contributed by atoms with Crippen LogP contribution in [0, 0.1) is 11.8 Å². The quantitative estimate of drug-likeness (QED) is 0.831. The Morgan fingerprint density at radius 2 is 1.95 bits per heavy atom. The molecule has 2 heterocycles. The van der Waals surface area contributed by atoms with E-state index in [0.29, 0.717) is 5.56 Å². The average molecular weight is 293 g/mol. The summed E-state index contributed by atoms with van der Waals surface area (Å²) < 4.78 is 26.2. The molecule has 0 atom stereocenters. The van der Waals surface area contributed by atoms with E-state index in [9.17, 15) is 18.4 Å². The summed E-state index contributed by atoms with van der Waals surface area (Å²) in [7, 11) is 0. The molecule has 2 aromatic heterocycles. The van der Waals surface area contributed by atoms with Crippen LogP contribution >= 0.6 is 0 Å². The number of aromatic carboxylic acids is 1. The summed E-state index contributed by atoms with van der Waals surface area (Å²) in [6.07, 6.45) is 2.25. The smallest absolute Gasteiger partial charge is 0.354 e. The van der Waals surface area contributed by atoms with Gasteiger partial charge in [0.2, 0.25) is 5.95 Å². The minimum absolute atomic E-state index is 0.00485. The Morgan fingerprint density at radius 3 is 2.57 bits per heavy atom. The second kappa shape index (κ2) is 6.04. The summed E-state index contributed by atoms with van der Waals surface area (Å²) >= 11 is 0. The fourth-order valence-electron chi connectivity index (χ4n) is 1.53. The fraction of sp³-hybridized carbons (Fsp3) is 0.0769. The van der Waals surface area contributed by atoms with Gasteiger partial charge in [-0.05, 0) is 17.7 Å². The standard InChI is InChI=1S/C13H9F2N3O3/c14-10-8(3-4-16-11(10)15)12(19)18-6-7-1-2-9(13(20)21)17-5-7/h1-5H,6H2,(H,18,19)(H,20,21). The van der Waals surface area contributed by atoms with Crippen LogP contribution < -0.4 is 5.32 Å². The third-order valence-corrected chi connectivity index (χ3v) is 2.59. The van der Waals surface area contributed by atoms with Gasteiger partial charge in [-0.3, -0.25) is 4.79 Å². The fourth-order valence-corrected chi connectivity index (χ4v) is 1.53. The van der Waals surface area contributed by atoms with Crippen LogP contribution in [0.25, 0.3) is 0 Å². The molecule has 1 amide bonds. The van der Waals surface area contributed by atoms with E-state index in [1.54, 1.807) is 0 Å². The Hall–Kier alpha value is -2.90. The molecule has 2 N–H and O–H groups in total. The molecular formula is C13H9F2N3O3. The average Bonchev–Trinajstić information content (AvgIpc) is 2.48. The first-order valence-electron chi connectivity index (χ1n) is 5.75. The van der Waals surface area contributed by atoms with E-state index >= 15 is 0 Å². The van der Waals surface area contributed by atoms with Crippen molar-refractivity contribution in [1.29, 1.82) is 0 Å². The zero-order valence-corrected chi connectivity index (χ0v) is 10.5. The summed E-state index contributed by atoms with van der Waals surface area (Å²) in [4.78, 5) is 29.1. The number of carboxylic acid groups (broad SMARTS) is 1. The normalized spacial score (nSPS) is 10.2. The zero-order valence-electron chi connectivity index (χ0n) is 10.5. The largest absolute Gasteiger partial charge is 0.477 e. The van der Waals surface area contributed by atoms with Gasteiger partial charge in [-0.2, -0.15) is 4.39 Å². The molecule has 0 aliphatic heterocycles. The van der Waals surface area contributed by atoms with Gasteiger partial charge in [0.25, 0.3) is 5.91 Å². The zero-order chi connectivity index (χ0) is 15.4. The molecule has 2 rings (SSSR count). The van der Waals surface area contributed by atoms with Gasteiger partial charge in [0, 0.05) is 18.9 Å². The number of carboxylic acids is 1. The minimum Gasteiger partial charge on any atom is -0.477 e. The summed E-state index contributed by atoms with van der Waals surface area (Å²) in [6.45, 7) is -0.00485. The second-order valence-electron chi connectivity index (χ2n) is 4.00. The van der Waals surface area contributed by atoms with Gasteiger partial charge < -0.3 is 10.4 Å². The number of amides is 1. The summed E-state index contributed by atoms with van der Waals surface area (Å²) in [5, 5.41) is 11.1. The maximum atomic E-state index is 13.3. The lowest BCUT2D eigenvalue weighted by Gasteiger charge is -2.06. The first-order chi connectivity index (χ1) is 9.99. The van der Waals surface area contributed by atoms with Crippen molar-refractivity contribution in [2.45, 2.75) is 6.54 Å². The molecule has 8 heteroatoms. The lowest BCUT2D eigenvalue weighted by molar-refractivity contribution is 0.0690. The van der Waals surface area contributed by atoms with Crippen LogP contribution in [0.15, 0.2) is 30.6 Å². The third-order valence-electron chi connectivity index (χ3n) is 2.59. The highest BCUT2D eigenvalue weighted by Gasteiger charge is 2.15. The Bertz CT molecular complexity index is 690. The summed E-state index contributed by atoms with van der Waals surface area (Å²) in [6, 6.07) is 3.79.